The Bertz CT molecular complexity index is 1320. The van der Waals surface area contributed by atoms with Crippen molar-refractivity contribution in [1.82, 2.24) is 10.2 Å². The first-order valence-electron chi connectivity index (χ1n) is 12.1. The molecule has 4 rings (SSSR count). The average Bonchev–Trinajstić information content (AvgIpc) is 2.90. The molecule has 3 aromatic rings. The molecule has 8 heteroatoms. The van der Waals surface area contributed by atoms with Crippen LogP contribution in [-0.4, -0.2) is 36.0 Å². The maximum atomic E-state index is 13.5. The van der Waals surface area contributed by atoms with Crippen LogP contribution in [0.1, 0.15) is 47.8 Å². The van der Waals surface area contributed by atoms with E-state index in [0.717, 1.165) is 11.6 Å². The van der Waals surface area contributed by atoms with Crippen molar-refractivity contribution in [2.45, 2.75) is 26.3 Å². The van der Waals surface area contributed by atoms with Gasteiger partial charge in [-0.05, 0) is 54.8 Å². The third-order valence-electron chi connectivity index (χ3n) is 5.91. The molecule has 0 aromatic heterocycles. The lowest BCUT2D eigenvalue weighted by Crippen LogP contribution is -2.48. The molecule has 3 amide bonds. The van der Waals surface area contributed by atoms with Crippen molar-refractivity contribution < 1.29 is 23.5 Å². The predicted molar refractivity (Wildman–Crippen MR) is 139 cm³/mol. The number of rotatable bonds is 8. The lowest BCUT2D eigenvalue weighted by Gasteiger charge is -2.36. The number of esters is 1. The van der Waals surface area contributed by atoms with Gasteiger partial charge in [-0.15, -0.1) is 0 Å². The molecule has 0 saturated heterocycles. The molecule has 1 atom stereocenters. The van der Waals surface area contributed by atoms with Gasteiger partial charge < -0.3 is 15.4 Å². The summed E-state index contributed by atoms with van der Waals surface area (Å²) >= 11 is 0. The highest BCUT2D eigenvalue weighted by Crippen LogP contribution is 2.37. The maximum absolute atomic E-state index is 13.5. The third-order valence-corrected chi connectivity index (χ3v) is 5.91. The van der Waals surface area contributed by atoms with E-state index in [2.05, 4.69) is 10.6 Å². The molecule has 0 saturated carbocycles. The molecule has 0 bridgehead atoms. The van der Waals surface area contributed by atoms with Crippen LogP contribution < -0.4 is 10.6 Å². The van der Waals surface area contributed by atoms with Crippen LogP contribution in [0.3, 0.4) is 0 Å². The van der Waals surface area contributed by atoms with Gasteiger partial charge >= 0.3 is 12.0 Å². The minimum Gasteiger partial charge on any atom is -0.463 e. The number of hydrogen-bond acceptors (Lipinski definition) is 4. The highest BCUT2D eigenvalue weighted by Gasteiger charge is 2.38. The molecular formula is C29H28FN3O4. The zero-order valence-electron chi connectivity index (χ0n) is 20.7. The van der Waals surface area contributed by atoms with Gasteiger partial charge in [-0.2, -0.15) is 0 Å². The molecule has 190 valence electrons. The Kier molecular flexibility index (Phi) is 7.98. The van der Waals surface area contributed by atoms with Gasteiger partial charge in [-0.25, -0.2) is 14.0 Å². The lowest BCUT2D eigenvalue weighted by atomic mass is 9.91. The van der Waals surface area contributed by atoms with Crippen LogP contribution in [0.5, 0.6) is 0 Å². The van der Waals surface area contributed by atoms with Crippen molar-refractivity contribution in [3.05, 3.63) is 107 Å². The summed E-state index contributed by atoms with van der Waals surface area (Å²) in [5.41, 5.74) is 2.90. The quantitative estimate of drug-likeness (QED) is 0.398. The Morgan fingerprint density at radius 1 is 1.00 bits per heavy atom. The van der Waals surface area contributed by atoms with Gasteiger partial charge in [0.1, 0.15) is 5.82 Å². The molecule has 0 radical (unpaired) electrons. The summed E-state index contributed by atoms with van der Waals surface area (Å²) < 4.78 is 18.9. The van der Waals surface area contributed by atoms with Gasteiger partial charge in [-0.1, -0.05) is 55.5 Å². The van der Waals surface area contributed by atoms with Crippen molar-refractivity contribution in [1.29, 1.82) is 0 Å². The number of hydrogen-bond donors (Lipinski definition) is 2. The molecule has 1 unspecified atom stereocenters. The molecule has 0 fully saturated rings. The Morgan fingerprint density at radius 2 is 1.73 bits per heavy atom. The number of urea groups is 1. The second-order valence-corrected chi connectivity index (χ2v) is 8.47. The first-order chi connectivity index (χ1) is 17.9. The summed E-state index contributed by atoms with van der Waals surface area (Å²) in [6.07, 6.45) is 0.699. The number of amides is 3. The molecule has 7 nitrogen and oxygen atoms in total. The topological polar surface area (TPSA) is 87.7 Å². The molecule has 0 aliphatic carbocycles. The van der Waals surface area contributed by atoms with Gasteiger partial charge in [0.25, 0.3) is 5.91 Å². The van der Waals surface area contributed by atoms with Gasteiger partial charge in [-0.3, -0.25) is 9.69 Å². The number of carbonyl (C=O) groups excluding carboxylic acids is 3. The molecule has 1 aliphatic rings. The van der Waals surface area contributed by atoms with E-state index >= 15 is 0 Å². The van der Waals surface area contributed by atoms with E-state index in [4.69, 9.17) is 4.74 Å². The van der Waals surface area contributed by atoms with E-state index in [1.807, 2.05) is 37.3 Å². The van der Waals surface area contributed by atoms with E-state index < -0.39 is 23.7 Å². The number of nitrogens with one attached hydrogen (secondary N) is 2. The van der Waals surface area contributed by atoms with E-state index in [0.29, 0.717) is 35.5 Å². The Hall–Kier alpha value is -4.46. The zero-order valence-corrected chi connectivity index (χ0v) is 20.7. The molecule has 3 aromatic carbocycles. The van der Waals surface area contributed by atoms with Crippen LogP contribution in [0.25, 0.3) is 5.70 Å². The Balaban J connectivity index is 1.72. The predicted octanol–water partition coefficient (Wildman–Crippen LogP) is 5.53. The van der Waals surface area contributed by atoms with Crippen molar-refractivity contribution in [3.8, 4) is 0 Å². The second-order valence-electron chi connectivity index (χ2n) is 8.47. The minimum atomic E-state index is -0.761. The SMILES string of the molecule is CCCN1C(=O)NC(c2ccc(NC(=O)c3cccc(F)c3)cc2)C(C(=O)OCC)=C1c1ccccc1. The van der Waals surface area contributed by atoms with Gasteiger partial charge in [0.05, 0.1) is 23.9 Å². The summed E-state index contributed by atoms with van der Waals surface area (Å²) in [4.78, 5) is 40.6. The van der Waals surface area contributed by atoms with Gasteiger partial charge in [0, 0.05) is 17.8 Å². The summed E-state index contributed by atoms with van der Waals surface area (Å²) in [7, 11) is 0. The van der Waals surface area contributed by atoms with E-state index in [9.17, 15) is 18.8 Å². The van der Waals surface area contributed by atoms with Crippen LogP contribution in [-0.2, 0) is 9.53 Å². The number of halogens is 1. The number of benzene rings is 3. The first-order valence-corrected chi connectivity index (χ1v) is 12.1. The number of anilines is 1. The maximum Gasteiger partial charge on any atom is 0.338 e. The second kappa shape index (κ2) is 11.5. The fourth-order valence-electron chi connectivity index (χ4n) is 4.27. The molecular weight excluding hydrogens is 473 g/mol. The number of carbonyl (C=O) groups is 3. The van der Waals surface area contributed by atoms with Crippen molar-refractivity contribution in [3.63, 3.8) is 0 Å². The first kappa shape index (κ1) is 25.6. The smallest absolute Gasteiger partial charge is 0.338 e. The van der Waals surface area contributed by atoms with E-state index in [-0.39, 0.29) is 18.2 Å². The van der Waals surface area contributed by atoms with E-state index in [1.165, 1.54) is 18.2 Å². The fraction of sp³-hybridized carbons (Fsp3) is 0.207. The van der Waals surface area contributed by atoms with Crippen molar-refractivity contribution in [2.75, 3.05) is 18.5 Å². The Labute approximate surface area is 214 Å². The molecule has 37 heavy (non-hydrogen) atoms. The lowest BCUT2D eigenvalue weighted by molar-refractivity contribution is -0.138. The van der Waals surface area contributed by atoms with Gasteiger partial charge in [0.2, 0.25) is 0 Å². The average molecular weight is 502 g/mol. The van der Waals surface area contributed by atoms with Crippen LogP contribution in [0, 0.1) is 5.82 Å². The summed E-state index contributed by atoms with van der Waals surface area (Å²) in [6.45, 7) is 4.31. The van der Waals surface area contributed by atoms with Crippen LogP contribution in [0.15, 0.2) is 84.4 Å². The standard InChI is InChI=1S/C29H28FN3O4/c1-3-17-33-26(20-9-6-5-7-10-20)24(28(35)37-4-2)25(32-29(33)36)19-13-15-23(16-14-19)31-27(34)21-11-8-12-22(30)18-21/h5-16,18,25H,3-4,17H2,1-2H3,(H,31,34)(H,32,36). The fourth-order valence-corrected chi connectivity index (χ4v) is 4.27. The summed E-state index contributed by atoms with van der Waals surface area (Å²) in [5, 5.41) is 5.68. The highest BCUT2D eigenvalue weighted by molar-refractivity contribution is 6.05. The zero-order chi connectivity index (χ0) is 26.4. The number of ether oxygens (including phenoxy) is 1. The molecule has 0 spiro atoms. The number of nitrogens with zero attached hydrogens (tertiary/aromatic N) is 1. The van der Waals surface area contributed by atoms with Gasteiger partial charge in [0.15, 0.2) is 0 Å². The van der Waals surface area contributed by atoms with Crippen LogP contribution in [0.2, 0.25) is 0 Å². The van der Waals surface area contributed by atoms with Crippen molar-refractivity contribution >= 4 is 29.3 Å². The highest BCUT2D eigenvalue weighted by atomic mass is 19.1. The molecule has 2 N–H and O–H groups in total. The summed E-state index contributed by atoms with van der Waals surface area (Å²) in [6, 6.07) is 20.4. The van der Waals surface area contributed by atoms with E-state index in [1.54, 1.807) is 36.1 Å². The summed E-state index contributed by atoms with van der Waals surface area (Å²) in [5.74, 6) is -1.47. The minimum absolute atomic E-state index is 0.184. The Morgan fingerprint density at radius 3 is 2.38 bits per heavy atom. The largest absolute Gasteiger partial charge is 0.463 e. The van der Waals surface area contributed by atoms with Crippen LogP contribution in [0.4, 0.5) is 14.9 Å². The third kappa shape index (κ3) is 5.69. The molecule has 1 aliphatic heterocycles. The van der Waals surface area contributed by atoms with Crippen molar-refractivity contribution in [2.24, 2.45) is 0 Å². The molecule has 1 heterocycles. The normalized spacial score (nSPS) is 15.3. The van der Waals surface area contributed by atoms with Crippen LogP contribution >= 0.6 is 0 Å². The monoisotopic (exact) mass is 501 g/mol.